The van der Waals surface area contributed by atoms with Crippen LogP contribution in [0.15, 0.2) is 35.3 Å². The summed E-state index contributed by atoms with van der Waals surface area (Å²) in [6.45, 7) is 10.9. The lowest BCUT2D eigenvalue weighted by atomic mass is 9.87. The van der Waals surface area contributed by atoms with E-state index in [1.807, 2.05) is 19.9 Å². The van der Waals surface area contributed by atoms with Gasteiger partial charge in [-0.2, -0.15) is 10.4 Å². The van der Waals surface area contributed by atoms with Crippen molar-refractivity contribution >= 4 is 34.3 Å². The van der Waals surface area contributed by atoms with Crippen molar-refractivity contribution in [3.63, 3.8) is 0 Å². The summed E-state index contributed by atoms with van der Waals surface area (Å²) in [6.07, 6.45) is 1.59. The van der Waals surface area contributed by atoms with Gasteiger partial charge in [-0.05, 0) is 77.3 Å². The number of hydrogen-bond donors (Lipinski definition) is 2. The maximum atomic E-state index is 13.2. The first-order chi connectivity index (χ1) is 20.4. The van der Waals surface area contributed by atoms with E-state index < -0.39 is 23.2 Å². The van der Waals surface area contributed by atoms with Gasteiger partial charge >= 0.3 is 5.97 Å². The summed E-state index contributed by atoms with van der Waals surface area (Å²) in [4.78, 5) is 43.4. The molecule has 1 amide bonds. The number of carbonyl (C=O) groups excluding carboxylic acids is 2. The number of morpholine rings is 1. The first-order valence-electron chi connectivity index (χ1n) is 14.5. The summed E-state index contributed by atoms with van der Waals surface area (Å²) in [6, 6.07) is 9.39. The summed E-state index contributed by atoms with van der Waals surface area (Å²) in [5, 5.41) is 18.2. The number of ether oxygens (including phenoxy) is 3. The number of amides is 1. The Kier molecular flexibility index (Phi) is 8.31. The van der Waals surface area contributed by atoms with Crippen molar-refractivity contribution in [2.24, 2.45) is 0 Å². The first kappa shape index (κ1) is 30.3. The number of H-pyrrole nitrogens is 1. The maximum Gasteiger partial charge on any atom is 0.335 e. The Morgan fingerprint density at radius 3 is 2.72 bits per heavy atom. The topological polar surface area (TPSA) is 152 Å². The Bertz CT molecular complexity index is 1620. The van der Waals surface area contributed by atoms with Gasteiger partial charge in [-0.15, -0.1) is 0 Å². The summed E-state index contributed by atoms with van der Waals surface area (Å²) in [5.74, 6) is -0.183. The Hall–Kier alpha value is -4.21. The van der Waals surface area contributed by atoms with Gasteiger partial charge in [0.25, 0.3) is 11.5 Å². The van der Waals surface area contributed by atoms with E-state index >= 15 is 0 Å². The third-order valence-electron chi connectivity index (χ3n) is 7.80. The molecule has 2 aliphatic heterocycles. The quantitative estimate of drug-likeness (QED) is 0.409. The van der Waals surface area contributed by atoms with E-state index in [9.17, 15) is 19.6 Å². The van der Waals surface area contributed by atoms with Crippen LogP contribution in [0.5, 0.6) is 0 Å². The van der Waals surface area contributed by atoms with Gasteiger partial charge < -0.3 is 29.4 Å². The van der Waals surface area contributed by atoms with Crippen LogP contribution < -0.4 is 10.9 Å². The van der Waals surface area contributed by atoms with E-state index in [0.717, 1.165) is 5.56 Å². The third-order valence-corrected chi connectivity index (χ3v) is 7.80. The van der Waals surface area contributed by atoms with Crippen molar-refractivity contribution in [3.8, 4) is 6.07 Å². The van der Waals surface area contributed by atoms with Gasteiger partial charge in [-0.3, -0.25) is 14.3 Å². The average molecular weight is 591 g/mol. The second kappa shape index (κ2) is 11.8. The van der Waals surface area contributed by atoms with Crippen LogP contribution in [0, 0.1) is 18.3 Å². The van der Waals surface area contributed by atoms with Crippen LogP contribution in [0.25, 0.3) is 10.9 Å². The fourth-order valence-corrected chi connectivity index (χ4v) is 5.71. The molecule has 12 heteroatoms. The van der Waals surface area contributed by atoms with Crippen LogP contribution in [-0.2, 0) is 24.5 Å². The van der Waals surface area contributed by atoms with Crippen LogP contribution in [0.3, 0.4) is 0 Å². The molecule has 0 radical (unpaired) electrons. The number of aryl methyl sites for hydroxylation is 1. The predicted octanol–water partition coefficient (Wildman–Crippen LogP) is 3.77. The zero-order valence-corrected chi connectivity index (χ0v) is 25.2. The van der Waals surface area contributed by atoms with E-state index in [2.05, 4.69) is 16.4 Å². The van der Waals surface area contributed by atoms with E-state index in [0.29, 0.717) is 60.5 Å². The number of carbonyl (C=O) groups is 2. The van der Waals surface area contributed by atoms with E-state index in [1.54, 1.807) is 48.6 Å². The maximum absolute atomic E-state index is 13.2. The highest BCUT2D eigenvalue weighted by Crippen LogP contribution is 2.37. The number of nitrogens with one attached hydrogen (secondary N) is 2. The Morgan fingerprint density at radius 2 is 2.07 bits per heavy atom. The van der Waals surface area contributed by atoms with Gasteiger partial charge in [-0.1, -0.05) is 0 Å². The second-order valence-electron chi connectivity index (χ2n) is 12.3. The molecular formula is C31H38N6O6. The zero-order chi connectivity index (χ0) is 30.9. The number of nitrogens with zero attached hydrogens (tertiary/aromatic N) is 4. The molecule has 2 aromatic heterocycles. The number of anilines is 2. The normalized spacial score (nSPS) is 22.7. The molecule has 1 aromatic carbocycles. The minimum atomic E-state index is -0.902. The number of aromatic nitrogens is 3. The molecule has 2 saturated heterocycles. The molecule has 0 saturated carbocycles. The minimum Gasteiger partial charge on any atom is -0.458 e. The van der Waals surface area contributed by atoms with Gasteiger partial charge in [-0.25, -0.2) is 4.79 Å². The number of fused-ring (bicyclic) bond motifs is 1. The molecule has 2 N–H and O–H groups in total. The SMILES string of the molecule is Cc1cc(Nc2nn([C@]3(CC#N)CC[C@@H](C(=O)OC(C)(C)C)OC3)c3cc[nH]c(=O)c23)ccc1C(=O)N1CCO[C@H](C)C1. The van der Waals surface area contributed by atoms with E-state index in [-0.39, 0.29) is 30.6 Å². The fraction of sp³-hybridized carbons (Fsp3) is 0.516. The van der Waals surface area contributed by atoms with Gasteiger partial charge in [0.1, 0.15) is 11.0 Å². The average Bonchev–Trinajstić information content (AvgIpc) is 3.32. The van der Waals surface area contributed by atoms with Crippen molar-refractivity contribution in [1.29, 1.82) is 5.26 Å². The zero-order valence-electron chi connectivity index (χ0n) is 25.2. The molecule has 0 unspecified atom stereocenters. The van der Waals surface area contributed by atoms with Crippen LogP contribution in [-0.4, -0.2) is 75.7 Å². The monoisotopic (exact) mass is 590 g/mol. The number of esters is 1. The molecule has 0 spiro atoms. The molecule has 43 heavy (non-hydrogen) atoms. The Balaban J connectivity index is 1.43. The standard InChI is InChI=1S/C31H38N6O6/c1-19-16-21(6-7-22(19)28(39)36-14-15-41-20(2)17-36)34-26-25-23(9-13-33-27(25)38)37(35-26)31(11-12-32)10-8-24(42-18-31)29(40)43-30(3,4)5/h6-7,9,13,16,20,24H,8,10-11,14-15,17-18H2,1-5H3,(H,33,38)(H,34,35)/t20-,24+,31+/m1/s1. The lowest BCUT2D eigenvalue weighted by Gasteiger charge is -2.39. The highest BCUT2D eigenvalue weighted by molar-refractivity contribution is 5.97. The van der Waals surface area contributed by atoms with Crippen LogP contribution >= 0.6 is 0 Å². The Morgan fingerprint density at radius 1 is 1.28 bits per heavy atom. The van der Waals surface area contributed by atoms with E-state index in [1.165, 1.54) is 6.20 Å². The summed E-state index contributed by atoms with van der Waals surface area (Å²) in [5.41, 5.74) is 0.671. The number of nitriles is 1. The Labute approximate surface area is 249 Å². The molecular weight excluding hydrogens is 552 g/mol. The van der Waals surface area contributed by atoms with Crippen molar-refractivity contribution in [2.75, 3.05) is 31.6 Å². The number of benzene rings is 1. The lowest BCUT2D eigenvalue weighted by Crippen LogP contribution is -2.47. The summed E-state index contributed by atoms with van der Waals surface area (Å²) < 4.78 is 18.7. The fourth-order valence-electron chi connectivity index (χ4n) is 5.71. The molecule has 3 atom stereocenters. The molecule has 5 rings (SSSR count). The molecule has 0 aliphatic carbocycles. The van der Waals surface area contributed by atoms with Crippen LogP contribution in [0.2, 0.25) is 0 Å². The molecule has 228 valence electrons. The van der Waals surface area contributed by atoms with Crippen LogP contribution in [0.1, 0.15) is 62.9 Å². The number of aromatic amines is 1. The predicted molar refractivity (Wildman–Crippen MR) is 159 cm³/mol. The summed E-state index contributed by atoms with van der Waals surface area (Å²) >= 11 is 0. The smallest absolute Gasteiger partial charge is 0.335 e. The molecule has 2 aliphatic rings. The highest BCUT2D eigenvalue weighted by Gasteiger charge is 2.43. The minimum absolute atomic E-state index is 0.0116. The van der Waals surface area contributed by atoms with E-state index in [4.69, 9.17) is 19.3 Å². The molecule has 3 aromatic rings. The second-order valence-corrected chi connectivity index (χ2v) is 12.3. The van der Waals surface area contributed by atoms with Crippen molar-refractivity contribution < 1.29 is 23.8 Å². The molecule has 2 fully saturated rings. The molecule has 12 nitrogen and oxygen atoms in total. The largest absolute Gasteiger partial charge is 0.458 e. The summed E-state index contributed by atoms with van der Waals surface area (Å²) in [7, 11) is 0. The molecule has 4 heterocycles. The highest BCUT2D eigenvalue weighted by atomic mass is 16.6. The first-order valence-corrected chi connectivity index (χ1v) is 14.5. The number of rotatable bonds is 6. The third kappa shape index (κ3) is 6.28. The van der Waals surface area contributed by atoms with Gasteiger partial charge in [0, 0.05) is 30.5 Å². The van der Waals surface area contributed by atoms with Crippen molar-refractivity contribution in [1.82, 2.24) is 19.7 Å². The van der Waals surface area contributed by atoms with Crippen molar-refractivity contribution in [2.45, 2.75) is 77.2 Å². The lowest BCUT2D eigenvalue weighted by molar-refractivity contribution is -0.176. The number of pyridine rings is 1. The van der Waals surface area contributed by atoms with Crippen molar-refractivity contribution in [3.05, 3.63) is 51.9 Å². The van der Waals surface area contributed by atoms with Crippen LogP contribution in [0.4, 0.5) is 11.5 Å². The number of hydrogen-bond acceptors (Lipinski definition) is 9. The van der Waals surface area contributed by atoms with Gasteiger partial charge in [0.05, 0.1) is 42.9 Å². The van der Waals surface area contributed by atoms with Gasteiger partial charge in [0.15, 0.2) is 11.9 Å². The molecule has 0 bridgehead atoms. The van der Waals surface area contributed by atoms with Gasteiger partial charge in [0.2, 0.25) is 0 Å².